The second-order valence-corrected chi connectivity index (χ2v) is 8.36. The van der Waals surface area contributed by atoms with E-state index in [4.69, 9.17) is 4.42 Å². The minimum absolute atomic E-state index is 0.0302. The van der Waals surface area contributed by atoms with Gasteiger partial charge in [-0.3, -0.25) is 9.59 Å². The van der Waals surface area contributed by atoms with Gasteiger partial charge < -0.3 is 14.6 Å². The predicted octanol–water partition coefficient (Wildman–Crippen LogP) is 3.31. The number of rotatable bonds is 5. The van der Waals surface area contributed by atoms with Gasteiger partial charge in [0.1, 0.15) is 0 Å². The maximum atomic E-state index is 12.4. The van der Waals surface area contributed by atoms with Crippen LogP contribution in [0.15, 0.2) is 38.7 Å². The smallest absolute Gasteiger partial charge is 0.289 e. The molecule has 0 bridgehead atoms. The topological polar surface area (TPSA) is 62.6 Å². The number of halogens is 1. The first-order valence-electron chi connectivity index (χ1n) is 7.98. The molecular weight excluding hydrogens is 392 g/mol. The lowest BCUT2D eigenvalue weighted by molar-refractivity contribution is -0.126. The Morgan fingerprint density at radius 2 is 2.25 bits per heavy atom. The fourth-order valence-corrected chi connectivity index (χ4v) is 4.35. The van der Waals surface area contributed by atoms with Gasteiger partial charge in [0.05, 0.1) is 16.0 Å². The van der Waals surface area contributed by atoms with Gasteiger partial charge in [0.2, 0.25) is 5.91 Å². The standard InChI is InChI=1S/C17H19BrN2O3S/c18-15-6-5-13(24-15)7-8-19-16(21)12-3-1-9-20(11-12)17(22)14-4-2-10-23-14/h2,4-6,10,12H,1,3,7-9,11H2,(H,19,21). The highest BCUT2D eigenvalue weighted by atomic mass is 79.9. The molecule has 1 fully saturated rings. The molecule has 0 aromatic carbocycles. The molecule has 0 aliphatic carbocycles. The minimum atomic E-state index is -0.146. The van der Waals surface area contributed by atoms with Crippen molar-refractivity contribution in [3.63, 3.8) is 0 Å². The van der Waals surface area contributed by atoms with Crippen LogP contribution in [0.5, 0.6) is 0 Å². The summed E-state index contributed by atoms with van der Waals surface area (Å²) < 4.78 is 6.27. The third-order valence-corrected chi connectivity index (χ3v) is 5.79. The number of thiophene rings is 1. The molecule has 3 heterocycles. The SMILES string of the molecule is O=C(NCCc1ccc(Br)s1)C1CCCN(C(=O)c2ccco2)C1. The summed E-state index contributed by atoms with van der Waals surface area (Å²) in [7, 11) is 0. The molecule has 5 nitrogen and oxygen atoms in total. The number of carbonyl (C=O) groups is 2. The first kappa shape index (κ1) is 17.2. The first-order valence-corrected chi connectivity index (χ1v) is 9.59. The van der Waals surface area contributed by atoms with E-state index in [2.05, 4.69) is 27.3 Å². The molecular formula is C17H19BrN2O3S. The van der Waals surface area contributed by atoms with Crippen molar-refractivity contribution in [2.45, 2.75) is 19.3 Å². The highest BCUT2D eigenvalue weighted by Crippen LogP contribution is 2.22. The molecule has 0 saturated carbocycles. The van der Waals surface area contributed by atoms with Crippen LogP contribution < -0.4 is 5.32 Å². The Morgan fingerprint density at radius 1 is 1.38 bits per heavy atom. The third-order valence-electron chi connectivity index (χ3n) is 4.11. The molecule has 24 heavy (non-hydrogen) atoms. The predicted molar refractivity (Wildman–Crippen MR) is 96.1 cm³/mol. The van der Waals surface area contributed by atoms with Crippen molar-refractivity contribution >= 4 is 39.1 Å². The molecule has 1 unspecified atom stereocenters. The number of amides is 2. The van der Waals surface area contributed by atoms with Crippen LogP contribution in [-0.2, 0) is 11.2 Å². The van der Waals surface area contributed by atoms with Crippen molar-refractivity contribution in [3.8, 4) is 0 Å². The maximum Gasteiger partial charge on any atom is 0.289 e. The molecule has 1 saturated heterocycles. The van der Waals surface area contributed by atoms with Crippen molar-refractivity contribution in [3.05, 3.63) is 45.0 Å². The average Bonchev–Trinajstić information content (AvgIpc) is 3.26. The highest BCUT2D eigenvalue weighted by molar-refractivity contribution is 9.11. The average molecular weight is 411 g/mol. The highest BCUT2D eigenvalue weighted by Gasteiger charge is 2.29. The Balaban J connectivity index is 1.48. The van der Waals surface area contributed by atoms with Crippen molar-refractivity contribution in [1.82, 2.24) is 10.2 Å². The second kappa shape index (κ2) is 7.98. The Bertz CT molecular complexity index is 699. The number of nitrogens with one attached hydrogen (secondary N) is 1. The summed E-state index contributed by atoms with van der Waals surface area (Å²) in [6.07, 6.45) is 3.97. The van der Waals surface area contributed by atoms with E-state index in [-0.39, 0.29) is 17.7 Å². The second-order valence-electron chi connectivity index (χ2n) is 5.81. The molecule has 1 N–H and O–H groups in total. The van der Waals surface area contributed by atoms with Gasteiger partial charge in [-0.1, -0.05) is 0 Å². The molecule has 0 spiro atoms. The number of hydrogen-bond acceptors (Lipinski definition) is 4. The molecule has 2 aromatic heterocycles. The van der Waals surface area contributed by atoms with Gasteiger partial charge in [-0.25, -0.2) is 0 Å². The fraction of sp³-hybridized carbons (Fsp3) is 0.412. The van der Waals surface area contributed by atoms with Crippen LogP contribution in [0.1, 0.15) is 28.3 Å². The summed E-state index contributed by atoms with van der Waals surface area (Å²) >= 11 is 5.12. The van der Waals surface area contributed by atoms with E-state index in [1.807, 2.05) is 6.07 Å². The van der Waals surface area contributed by atoms with Gasteiger partial charge in [-0.2, -0.15) is 0 Å². The van der Waals surface area contributed by atoms with Crippen LogP contribution in [0.2, 0.25) is 0 Å². The quantitative estimate of drug-likeness (QED) is 0.821. The number of furan rings is 1. The van der Waals surface area contributed by atoms with Crippen LogP contribution >= 0.6 is 27.3 Å². The van der Waals surface area contributed by atoms with Crippen LogP contribution in [-0.4, -0.2) is 36.3 Å². The normalized spacial score (nSPS) is 17.7. The summed E-state index contributed by atoms with van der Waals surface area (Å²) in [5.41, 5.74) is 0. The molecule has 2 amide bonds. The van der Waals surface area contributed by atoms with E-state index in [9.17, 15) is 9.59 Å². The summed E-state index contributed by atoms with van der Waals surface area (Å²) in [5, 5.41) is 3.00. The van der Waals surface area contributed by atoms with E-state index in [1.165, 1.54) is 11.1 Å². The molecule has 0 radical (unpaired) electrons. The monoisotopic (exact) mass is 410 g/mol. The van der Waals surface area contributed by atoms with Crippen LogP contribution in [0.25, 0.3) is 0 Å². The van der Waals surface area contributed by atoms with E-state index in [0.717, 1.165) is 23.0 Å². The van der Waals surface area contributed by atoms with Gasteiger partial charge in [0.15, 0.2) is 5.76 Å². The first-order chi connectivity index (χ1) is 11.6. The lowest BCUT2D eigenvalue weighted by atomic mass is 9.97. The van der Waals surface area contributed by atoms with Crippen LogP contribution in [0, 0.1) is 5.92 Å². The summed E-state index contributed by atoms with van der Waals surface area (Å²) in [6.45, 7) is 1.75. The van der Waals surface area contributed by atoms with Gasteiger partial charge >= 0.3 is 0 Å². The Labute approximate surface area is 153 Å². The molecule has 1 aliphatic heterocycles. The molecule has 1 aliphatic rings. The van der Waals surface area contributed by atoms with E-state index in [1.54, 1.807) is 28.4 Å². The van der Waals surface area contributed by atoms with Crippen molar-refractivity contribution in [2.75, 3.05) is 19.6 Å². The minimum Gasteiger partial charge on any atom is -0.459 e. The van der Waals surface area contributed by atoms with Crippen molar-refractivity contribution in [1.29, 1.82) is 0 Å². The number of carbonyl (C=O) groups excluding carboxylic acids is 2. The number of hydrogen-bond donors (Lipinski definition) is 1. The van der Waals surface area contributed by atoms with Crippen molar-refractivity contribution in [2.24, 2.45) is 5.92 Å². The summed E-state index contributed by atoms with van der Waals surface area (Å²) in [5.74, 6) is 0.0792. The van der Waals surface area contributed by atoms with E-state index >= 15 is 0 Å². The molecule has 1 atom stereocenters. The van der Waals surface area contributed by atoms with Crippen LogP contribution in [0.4, 0.5) is 0 Å². The Kier molecular flexibility index (Phi) is 5.73. The molecule has 3 rings (SSSR count). The third kappa shape index (κ3) is 4.27. The molecule has 128 valence electrons. The zero-order valence-corrected chi connectivity index (χ0v) is 15.6. The van der Waals surface area contributed by atoms with E-state index < -0.39 is 0 Å². The zero-order valence-electron chi connectivity index (χ0n) is 13.2. The van der Waals surface area contributed by atoms with Gasteiger partial charge in [0, 0.05) is 24.5 Å². The largest absolute Gasteiger partial charge is 0.459 e. The van der Waals surface area contributed by atoms with E-state index in [0.29, 0.717) is 25.4 Å². The summed E-state index contributed by atoms with van der Waals surface area (Å²) in [6, 6.07) is 7.43. The lowest BCUT2D eigenvalue weighted by Gasteiger charge is -2.31. The molecule has 2 aromatic rings. The molecule has 7 heteroatoms. The Hall–Kier alpha value is -1.60. The number of nitrogens with zero attached hydrogens (tertiary/aromatic N) is 1. The number of piperidine rings is 1. The maximum absolute atomic E-state index is 12.4. The number of likely N-dealkylation sites (tertiary alicyclic amines) is 1. The van der Waals surface area contributed by atoms with Gasteiger partial charge in [0.25, 0.3) is 5.91 Å². The fourth-order valence-electron chi connectivity index (χ4n) is 2.87. The lowest BCUT2D eigenvalue weighted by Crippen LogP contribution is -2.45. The van der Waals surface area contributed by atoms with Crippen LogP contribution in [0.3, 0.4) is 0 Å². The van der Waals surface area contributed by atoms with Gasteiger partial charge in [-0.05, 0) is 59.5 Å². The summed E-state index contributed by atoms with van der Waals surface area (Å²) in [4.78, 5) is 27.6. The van der Waals surface area contributed by atoms with Gasteiger partial charge in [-0.15, -0.1) is 11.3 Å². The zero-order chi connectivity index (χ0) is 16.9. The van der Waals surface area contributed by atoms with Crippen molar-refractivity contribution < 1.29 is 14.0 Å². The Morgan fingerprint density at radius 3 is 2.96 bits per heavy atom.